The molecule has 4 nitrogen and oxygen atoms in total. The molecule has 19 heavy (non-hydrogen) atoms. The molecule has 104 valence electrons. The lowest BCUT2D eigenvalue weighted by Crippen LogP contribution is -2.55. The largest absolute Gasteiger partial charge is 0.371 e. The van der Waals surface area contributed by atoms with Crippen LogP contribution in [0.2, 0.25) is 0 Å². The first-order chi connectivity index (χ1) is 9.03. The maximum atomic E-state index is 12.5. The van der Waals surface area contributed by atoms with Crippen molar-refractivity contribution in [2.24, 2.45) is 0 Å². The topological polar surface area (TPSA) is 60.8 Å². The number of aliphatic hydroxyl groups is 2. The fourth-order valence-corrected chi connectivity index (χ4v) is 3.26. The van der Waals surface area contributed by atoms with Crippen LogP contribution in [-0.2, 0) is 4.79 Å². The van der Waals surface area contributed by atoms with Crippen molar-refractivity contribution in [3.63, 3.8) is 0 Å². The second-order valence-corrected chi connectivity index (χ2v) is 5.88. The Morgan fingerprint density at radius 1 is 1.37 bits per heavy atom. The fraction of sp³-hybridized carbons (Fsp3) is 0.667. The van der Waals surface area contributed by atoms with E-state index in [1.165, 1.54) is 4.90 Å². The number of carbonyl (C=O) groups excluding carboxylic acids is 1. The minimum Gasteiger partial charge on any atom is -0.371 e. The molecule has 1 heterocycles. The highest BCUT2D eigenvalue weighted by atomic mass is 16.4. The van der Waals surface area contributed by atoms with Gasteiger partial charge < -0.3 is 10.2 Å². The minimum absolute atomic E-state index is 0.204. The molecule has 0 aromatic carbocycles. The van der Waals surface area contributed by atoms with E-state index in [0.29, 0.717) is 31.3 Å². The van der Waals surface area contributed by atoms with Gasteiger partial charge in [0.05, 0.1) is 0 Å². The van der Waals surface area contributed by atoms with Gasteiger partial charge in [-0.2, -0.15) is 0 Å². The SMILES string of the molecule is CCCCC1(O)C2=C(C=CCC2)C(=O)N1C1(O)CC1. The summed E-state index contributed by atoms with van der Waals surface area (Å²) < 4.78 is 0. The molecule has 1 aliphatic heterocycles. The number of hydrogen-bond acceptors (Lipinski definition) is 3. The van der Waals surface area contributed by atoms with Crippen LogP contribution in [-0.4, -0.2) is 32.5 Å². The fourth-order valence-electron chi connectivity index (χ4n) is 3.26. The lowest BCUT2D eigenvalue weighted by atomic mass is 9.89. The van der Waals surface area contributed by atoms with Crippen LogP contribution in [0.5, 0.6) is 0 Å². The summed E-state index contributed by atoms with van der Waals surface area (Å²) in [6.07, 6.45) is 8.80. The van der Waals surface area contributed by atoms with Crippen LogP contribution in [0.3, 0.4) is 0 Å². The molecule has 1 unspecified atom stereocenters. The number of carbonyl (C=O) groups is 1. The molecule has 0 aromatic heterocycles. The summed E-state index contributed by atoms with van der Waals surface area (Å²) in [5.41, 5.74) is -0.970. The summed E-state index contributed by atoms with van der Waals surface area (Å²) >= 11 is 0. The summed E-state index contributed by atoms with van der Waals surface area (Å²) in [7, 11) is 0. The number of rotatable bonds is 4. The van der Waals surface area contributed by atoms with Gasteiger partial charge in [-0.15, -0.1) is 0 Å². The van der Waals surface area contributed by atoms with Crippen molar-refractivity contribution in [1.82, 2.24) is 4.90 Å². The summed E-state index contributed by atoms with van der Waals surface area (Å²) in [5, 5.41) is 21.5. The maximum absolute atomic E-state index is 12.5. The Hall–Kier alpha value is -1.13. The average molecular weight is 263 g/mol. The van der Waals surface area contributed by atoms with Crippen LogP contribution in [0.25, 0.3) is 0 Å². The molecular formula is C15H21NO3. The molecule has 0 saturated heterocycles. The Bertz CT molecular complexity index is 476. The molecule has 1 amide bonds. The second-order valence-electron chi connectivity index (χ2n) is 5.88. The normalized spacial score (nSPS) is 31.9. The van der Waals surface area contributed by atoms with E-state index in [2.05, 4.69) is 6.92 Å². The minimum atomic E-state index is -1.27. The van der Waals surface area contributed by atoms with Crippen molar-refractivity contribution in [2.75, 3.05) is 0 Å². The predicted octanol–water partition coefficient (Wildman–Crippen LogP) is 1.84. The van der Waals surface area contributed by atoms with Gasteiger partial charge in [-0.05, 0) is 44.1 Å². The Balaban J connectivity index is 2.01. The zero-order valence-corrected chi connectivity index (χ0v) is 11.4. The number of hydrogen-bond donors (Lipinski definition) is 2. The van der Waals surface area contributed by atoms with Gasteiger partial charge in [-0.1, -0.05) is 25.5 Å². The van der Waals surface area contributed by atoms with E-state index < -0.39 is 11.4 Å². The Morgan fingerprint density at radius 3 is 2.74 bits per heavy atom. The quantitative estimate of drug-likeness (QED) is 0.813. The highest BCUT2D eigenvalue weighted by molar-refractivity contribution is 6.01. The van der Waals surface area contributed by atoms with Crippen LogP contribution < -0.4 is 0 Å². The number of nitrogens with zero attached hydrogens (tertiary/aromatic N) is 1. The summed E-state index contributed by atoms with van der Waals surface area (Å²) in [6.45, 7) is 2.06. The Kier molecular flexibility index (Phi) is 2.84. The third-order valence-corrected chi connectivity index (χ3v) is 4.45. The van der Waals surface area contributed by atoms with Crippen LogP contribution in [0.1, 0.15) is 51.9 Å². The number of amides is 1. The monoisotopic (exact) mass is 263 g/mol. The van der Waals surface area contributed by atoms with Gasteiger partial charge in [0.25, 0.3) is 5.91 Å². The Morgan fingerprint density at radius 2 is 2.11 bits per heavy atom. The van der Waals surface area contributed by atoms with E-state index in [4.69, 9.17) is 0 Å². The van der Waals surface area contributed by atoms with E-state index in [0.717, 1.165) is 24.8 Å². The Labute approximate surface area is 113 Å². The standard InChI is InChI=1S/C15H21NO3/c1-2-3-8-15(19)12-7-5-4-6-11(12)13(17)16(15)14(18)9-10-14/h4,6,18-19H,2-3,5,7-10H2,1H3. The summed E-state index contributed by atoms with van der Waals surface area (Å²) in [4.78, 5) is 13.9. The summed E-state index contributed by atoms with van der Waals surface area (Å²) in [6, 6.07) is 0. The van der Waals surface area contributed by atoms with Gasteiger partial charge in [-0.3, -0.25) is 9.69 Å². The van der Waals surface area contributed by atoms with Gasteiger partial charge in [-0.25, -0.2) is 0 Å². The molecule has 0 aromatic rings. The number of allylic oxidation sites excluding steroid dienone is 1. The predicted molar refractivity (Wildman–Crippen MR) is 70.9 cm³/mol. The molecule has 1 saturated carbocycles. The molecule has 1 fully saturated rings. The van der Waals surface area contributed by atoms with Gasteiger partial charge in [0.1, 0.15) is 5.72 Å². The zero-order chi connectivity index (χ0) is 13.7. The first-order valence-electron chi connectivity index (χ1n) is 7.22. The van der Waals surface area contributed by atoms with E-state index in [1.54, 1.807) is 0 Å². The van der Waals surface area contributed by atoms with Gasteiger partial charge in [0, 0.05) is 5.57 Å². The molecule has 3 rings (SSSR count). The molecule has 0 bridgehead atoms. The smallest absolute Gasteiger partial charge is 0.258 e. The maximum Gasteiger partial charge on any atom is 0.258 e. The third-order valence-electron chi connectivity index (χ3n) is 4.45. The molecule has 4 heteroatoms. The molecule has 3 aliphatic rings. The molecular weight excluding hydrogens is 242 g/mol. The van der Waals surface area contributed by atoms with E-state index >= 15 is 0 Å². The lowest BCUT2D eigenvalue weighted by molar-refractivity contribution is -0.179. The van der Waals surface area contributed by atoms with E-state index in [-0.39, 0.29) is 5.91 Å². The number of unbranched alkanes of at least 4 members (excludes halogenated alkanes) is 1. The van der Waals surface area contributed by atoms with Crippen molar-refractivity contribution in [3.05, 3.63) is 23.3 Å². The van der Waals surface area contributed by atoms with Crippen molar-refractivity contribution in [1.29, 1.82) is 0 Å². The van der Waals surface area contributed by atoms with Gasteiger partial charge >= 0.3 is 0 Å². The molecule has 0 spiro atoms. The van der Waals surface area contributed by atoms with Crippen molar-refractivity contribution < 1.29 is 15.0 Å². The highest BCUT2D eigenvalue weighted by Crippen LogP contribution is 2.51. The molecule has 2 aliphatic carbocycles. The highest BCUT2D eigenvalue weighted by Gasteiger charge is 2.61. The van der Waals surface area contributed by atoms with E-state index in [1.807, 2.05) is 12.2 Å². The van der Waals surface area contributed by atoms with E-state index in [9.17, 15) is 15.0 Å². The summed E-state index contributed by atoms with van der Waals surface area (Å²) in [5.74, 6) is -0.204. The van der Waals surface area contributed by atoms with Crippen LogP contribution in [0.15, 0.2) is 23.3 Å². The average Bonchev–Trinajstić information content (AvgIpc) is 3.09. The van der Waals surface area contributed by atoms with Crippen molar-refractivity contribution >= 4 is 5.91 Å². The van der Waals surface area contributed by atoms with Crippen LogP contribution >= 0.6 is 0 Å². The molecule has 2 N–H and O–H groups in total. The van der Waals surface area contributed by atoms with Crippen LogP contribution in [0.4, 0.5) is 0 Å². The lowest BCUT2D eigenvalue weighted by Gasteiger charge is -2.39. The first-order valence-corrected chi connectivity index (χ1v) is 7.22. The molecule has 0 radical (unpaired) electrons. The van der Waals surface area contributed by atoms with Crippen molar-refractivity contribution in [2.45, 2.75) is 63.3 Å². The third kappa shape index (κ3) is 1.77. The van der Waals surface area contributed by atoms with Gasteiger partial charge in [0.15, 0.2) is 5.72 Å². The first kappa shape index (κ1) is 12.9. The molecule has 1 atom stereocenters. The van der Waals surface area contributed by atoms with Gasteiger partial charge in [0.2, 0.25) is 0 Å². The van der Waals surface area contributed by atoms with Crippen LogP contribution in [0, 0.1) is 0 Å². The van der Waals surface area contributed by atoms with Crippen molar-refractivity contribution in [3.8, 4) is 0 Å². The zero-order valence-electron chi connectivity index (χ0n) is 11.4. The second kappa shape index (κ2) is 4.18.